The van der Waals surface area contributed by atoms with Crippen LogP contribution in [0, 0.1) is 0 Å². The second kappa shape index (κ2) is 4.18. The minimum atomic E-state index is -1.09. The van der Waals surface area contributed by atoms with E-state index in [2.05, 4.69) is 15.6 Å². The zero-order valence-corrected chi connectivity index (χ0v) is 8.43. The van der Waals surface area contributed by atoms with Crippen molar-refractivity contribution < 1.29 is 14.7 Å². The molecular formula is C10H11N3O3. The number of carboxylic acids is 1. The molecule has 1 aromatic rings. The number of amides is 2. The van der Waals surface area contributed by atoms with Gasteiger partial charge in [0.15, 0.2) is 0 Å². The maximum atomic E-state index is 11.3. The lowest BCUT2D eigenvalue weighted by Crippen LogP contribution is -2.30. The molecule has 0 radical (unpaired) electrons. The molecule has 1 aliphatic carbocycles. The summed E-state index contributed by atoms with van der Waals surface area (Å²) in [7, 11) is 0. The Morgan fingerprint density at radius 3 is 2.62 bits per heavy atom. The molecule has 0 atom stereocenters. The number of rotatable bonds is 3. The summed E-state index contributed by atoms with van der Waals surface area (Å²) >= 11 is 0. The van der Waals surface area contributed by atoms with Crippen LogP contribution in [0.5, 0.6) is 0 Å². The summed E-state index contributed by atoms with van der Waals surface area (Å²) in [5.41, 5.74) is 0.427. The first-order valence-corrected chi connectivity index (χ1v) is 4.92. The normalized spacial score (nSPS) is 14.2. The van der Waals surface area contributed by atoms with Crippen LogP contribution in [-0.2, 0) is 0 Å². The third-order valence-corrected chi connectivity index (χ3v) is 2.15. The molecule has 1 fully saturated rings. The first-order chi connectivity index (χ1) is 7.65. The Bertz CT molecular complexity index is 412. The highest BCUT2D eigenvalue weighted by Crippen LogP contribution is 2.18. The molecule has 1 saturated carbocycles. The highest BCUT2D eigenvalue weighted by molar-refractivity contribution is 5.90. The highest BCUT2D eigenvalue weighted by atomic mass is 16.4. The molecule has 16 heavy (non-hydrogen) atoms. The Hall–Kier alpha value is -2.11. The number of hydrogen-bond acceptors (Lipinski definition) is 3. The van der Waals surface area contributed by atoms with Crippen molar-refractivity contribution in [2.75, 3.05) is 5.32 Å². The molecule has 2 amide bonds. The smallest absolute Gasteiger partial charge is 0.354 e. The van der Waals surface area contributed by atoms with Gasteiger partial charge in [-0.1, -0.05) is 0 Å². The monoisotopic (exact) mass is 221 g/mol. The third-order valence-electron chi connectivity index (χ3n) is 2.15. The van der Waals surface area contributed by atoms with Crippen LogP contribution < -0.4 is 10.6 Å². The molecule has 0 aliphatic heterocycles. The van der Waals surface area contributed by atoms with Crippen LogP contribution in [-0.4, -0.2) is 28.1 Å². The topological polar surface area (TPSA) is 91.3 Å². The number of anilines is 1. The van der Waals surface area contributed by atoms with Gasteiger partial charge >= 0.3 is 12.0 Å². The van der Waals surface area contributed by atoms with E-state index < -0.39 is 5.97 Å². The van der Waals surface area contributed by atoms with Gasteiger partial charge in [0.2, 0.25) is 0 Å². The maximum absolute atomic E-state index is 11.3. The summed E-state index contributed by atoms with van der Waals surface area (Å²) in [6.45, 7) is 0. The maximum Gasteiger partial charge on any atom is 0.354 e. The van der Waals surface area contributed by atoms with Gasteiger partial charge in [-0.3, -0.25) is 0 Å². The van der Waals surface area contributed by atoms with Gasteiger partial charge in [-0.2, -0.15) is 0 Å². The van der Waals surface area contributed by atoms with E-state index in [9.17, 15) is 9.59 Å². The number of nitrogens with zero attached hydrogens (tertiary/aromatic N) is 1. The molecule has 6 nitrogen and oxygen atoms in total. The Labute approximate surface area is 91.7 Å². The Kier molecular flexibility index (Phi) is 2.72. The second-order valence-electron chi connectivity index (χ2n) is 3.61. The molecule has 6 heteroatoms. The zero-order valence-electron chi connectivity index (χ0n) is 8.43. The average Bonchev–Trinajstić information content (AvgIpc) is 3.02. The van der Waals surface area contributed by atoms with Crippen molar-refractivity contribution in [3.8, 4) is 0 Å². The van der Waals surface area contributed by atoms with E-state index in [0.29, 0.717) is 5.69 Å². The number of aromatic nitrogens is 1. The van der Waals surface area contributed by atoms with Gasteiger partial charge in [0.25, 0.3) is 0 Å². The summed E-state index contributed by atoms with van der Waals surface area (Å²) in [6, 6.07) is 2.84. The van der Waals surface area contributed by atoms with Gasteiger partial charge in [0.05, 0.1) is 11.9 Å². The molecule has 1 aliphatic rings. The average molecular weight is 221 g/mol. The van der Waals surface area contributed by atoms with Gasteiger partial charge in [-0.15, -0.1) is 0 Å². The lowest BCUT2D eigenvalue weighted by molar-refractivity contribution is 0.0690. The molecule has 84 valence electrons. The number of carbonyl (C=O) groups excluding carboxylic acids is 1. The molecule has 0 bridgehead atoms. The van der Waals surface area contributed by atoms with E-state index in [1.165, 1.54) is 18.3 Å². The Morgan fingerprint density at radius 2 is 2.12 bits per heavy atom. The van der Waals surface area contributed by atoms with Crippen molar-refractivity contribution in [2.24, 2.45) is 0 Å². The Balaban J connectivity index is 1.93. The van der Waals surface area contributed by atoms with E-state index in [0.717, 1.165) is 12.8 Å². The first-order valence-electron chi connectivity index (χ1n) is 4.92. The molecule has 0 spiro atoms. The van der Waals surface area contributed by atoms with Crippen LogP contribution >= 0.6 is 0 Å². The second-order valence-corrected chi connectivity index (χ2v) is 3.61. The van der Waals surface area contributed by atoms with E-state index in [-0.39, 0.29) is 17.8 Å². The van der Waals surface area contributed by atoms with Crippen molar-refractivity contribution in [2.45, 2.75) is 18.9 Å². The van der Waals surface area contributed by atoms with E-state index in [1.807, 2.05) is 0 Å². The quantitative estimate of drug-likeness (QED) is 0.711. The summed E-state index contributed by atoms with van der Waals surface area (Å²) in [4.78, 5) is 25.5. The minimum Gasteiger partial charge on any atom is -0.477 e. The van der Waals surface area contributed by atoms with Gasteiger partial charge in [-0.25, -0.2) is 14.6 Å². The zero-order chi connectivity index (χ0) is 11.5. The van der Waals surface area contributed by atoms with Crippen molar-refractivity contribution in [1.29, 1.82) is 0 Å². The SMILES string of the molecule is O=C(Nc1ccc(C(=O)O)nc1)NC1CC1. The van der Waals surface area contributed by atoms with Gasteiger partial charge in [0.1, 0.15) is 5.69 Å². The van der Waals surface area contributed by atoms with Gasteiger partial charge < -0.3 is 15.7 Å². The molecule has 0 unspecified atom stereocenters. The van der Waals surface area contributed by atoms with Gasteiger partial charge in [0, 0.05) is 6.04 Å². The fourth-order valence-electron chi connectivity index (χ4n) is 1.17. The molecule has 0 aromatic carbocycles. The number of pyridine rings is 1. The fraction of sp³-hybridized carbons (Fsp3) is 0.300. The number of carbonyl (C=O) groups is 2. The van der Waals surface area contributed by atoms with Crippen molar-refractivity contribution >= 4 is 17.7 Å². The number of aromatic carboxylic acids is 1. The molecule has 1 heterocycles. The van der Waals surface area contributed by atoms with Crippen molar-refractivity contribution in [1.82, 2.24) is 10.3 Å². The molecule has 3 N–H and O–H groups in total. The Morgan fingerprint density at radius 1 is 1.38 bits per heavy atom. The third kappa shape index (κ3) is 2.69. The lowest BCUT2D eigenvalue weighted by atomic mass is 10.3. The van der Waals surface area contributed by atoms with Crippen LogP contribution in [0.3, 0.4) is 0 Å². The predicted molar refractivity (Wildman–Crippen MR) is 56.4 cm³/mol. The molecular weight excluding hydrogens is 210 g/mol. The molecule has 1 aromatic heterocycles. The number of nitrogens with one attached hydrogen (secondary N) is 2. The van der Waals surface area contributed by atoms with Crippen molar-refractivity contribution in [3.63, 3.8) is 0 Å². The largest absolute Gasteiger partial charge is 0.477 e. The summed E-state index contributed by atoms with van der Waals surface area (Å²) in [5, 5.41) is 13.9. The van der Waals surface area contributed by atoms with Gasteiger partial charge in [-0.05, 0) is 25.0 Å². The van der Waals surface area contributed by atoms with E-state index in [1.54, 1.807) is 0 Å². The summed E-state index contributed by atoms with van der Waals surface area (Å²) in [5.74, 6) is -1.09. The number of urea groups is 1. The van der Waals surface area contributed by atoms with E-state index >= 15 is 0 Å². The standard InChI is InChI=1S/C10H11N3O3/c14-9(15)8-4-3-7(5-11-8)13-10(16)12-6-1-2-6/h3-6H,1-2H2,(H,14,15)(H2,12,13,16). The van der Waals surface area contributed by atoms with Crippen LogP contribution in [0.15, 0.2) is 18.3 Å². The summed E-state index contributed by atoms with van der Waals surface area (Å²) < 4.78 is 0. The van der Waals surface area contributed by atoms with Crippen LogP contribution in [0.1, 0.15) is 23.3 Å². The summed E-state index contributed by atoms with van der Waals surface area (Å²) in [6.07, 6.45) is 3.35. The highest BCUT2D eigenvalue weighted by Gasteiger charge is 2.23. The van der Waals surface area contributed by atoms with Crippen molar-refractivity contribution in [3.05, 3.63) is 24.0 Å². The lowest BCUT2D eigenvalue weighted by Gasteiger charge is -2.05. The number of carboxylic acid groups (broad SMARTS) is 1. The van der Waals surface area contributed by atoms with Crippen LogP contribution in [0.25, 0.3) is 0 Å². The van der Waals surface area contributed by atoms with E-state index in [4.69, 9.17) is 5.11 Å². The minimum absolute atomic E-state index is 0.0480. The van der Waals surface area contributed by atoms with Crippen LogP contribution in [0.2, 0.25) is 0 Å². The predicted octanol–water partition coefficient (Wildman–Crippen LogP) is 1.06. The molecule has 2 rings (SSSR count). The number of hydrogen-bond donors (Lipinski definition) is 3. The first kappa shape index (κ1) is 10.4. The molecule has 0 saturated heterocycles. The fourth-order valence-corrected chi connectivity index (χ4v) is 1.17. The van der Waals surface area contributed by atoms with Crippen LogP contribution in [0.4, 0.5) is 10.5 Å².